The molecule has 1 fully saturated rings. The van der Waals surface area contributed by atoms with Crippen LogP contribution in [0.2, 0.25) is 0 Å². The van der Waals surface area contributed by atoms with Crippen LogP contribution in [0, 0.1) is 0 Å². The summed E-state index contributed by atoms with van der Waals surface area (Å²) in [5.74, 6) is -0.812. The van der Waals surface area contributed by atoms with E-state index >= 15 is 0 Å². The fourth-order valence-corrected chi connectivity index (χ4v) is 3.09. The number of nitrogens with two attached hydrogens (primary N) is 2. The second-order valence-corrected chi connectivity index (χ2v) is 5.91. The molecule has 2 amide bonds. The Morgan fingerprint density at radius 2 is 2.00 bits per heavy atom. The summed E-state index contributed by atoms with van der Waals surface area (Å²) < 4.78 is 0. The highest BCUT2D eigenvalue weighted by Gasteiger charge is 2.40. The minimum Gasteiger partial charge on any atom is -0.369 e. The lowest BCUT2D eigenvalue weighted by Gasteiger charge is -2.38. The third kappa shape index (κ3) is 2.08. The number of rotatable bonds is 3. The van der Waals surface area contributed by atoms with Gasteiger partial charge in [-0.3, -0.25) is 9.59 Å². The Balaban J connectivity index is 1.84. The van der Waals surface area contributed by atoms with Gasteiger partial charge in [0, 0.05) is 24.2 Å². The number of benzene rings is 1. The van der Waals surface area contributed by atoms with Crippen molar-refractivity contribution in [1.82, 2.24) is 0 Å². The predicted molar refractivity (Wildman–Crippen MR) is 76.1 cm³/mol. The molecule has 1 aromatic carbocycles. The number of hydrogen-bond acceptors (Lipinski definition) is 3. The summed E-state index contributed by atoms with van der Waals surface area (Å²) in [6, 6.07) is 7.45. The molecule has 5 nitrogen and oxygen atoms in total. The number of amides is 2. The molecular formula is C15H19N3O2. The third-order valence-corrected chi connectivity index (χ3v) is 4.47. The van der Waals surface area contributed by atoms with Crippen LogP contribution in [0.3, 0.4) is 0 Å². The molecule has 1 aliphatic carbocycles. The lowest BCUT2D eigenvalue weighted by Crippen LogP contribution is -2.50. The van der Waals surface area contributed by atoms with Crippen molar-refractivity contribution in [3.63, 3.8) is 0 Å². The van der Waals surface area contributed by atoms with Gasteiger partial charge in [-0.1, -0.05) is 18.2 Å². The third-order valence-electron chi connectivity index (χ3n) is 4.47. The van der Waals surface area contributed by atoms with Gasteiger partial charge in [-0.2, -0.15) is 0 Å². The molecule has 20 heavy (non-hydrogen) atoms. The van der Waals surface area contributed by atoms with Gasteiger partial charge in [-0.25, -0.2) is 0 Å². The lowest BCUT2D eigenvalue weighted by molar-refractivity contribution is -0.120. The number of para-hydroxylation sites is 1. The number of fused-ring (bicyclic) bond motifs is 1. The van der Waals surface area contributed by atoms with Crippen LogP contribution >= 0.6 is 0 Å². The zero-order chi connectivity index (χ0) is 14.3. The molecule has 106 valence electrons. The molecule has 0 unspecified atom stereocenters. The predicted octanol–water partition coefficient (Wildman–Crippen LogP) is 0.874. The molecule has 1 heterocycles. The molecule has 1 atom stereocenters. The van der Waals surface area contributed by atoms with E-state index < -0.39 is 5.92 Å². The molecule has 0 aromatic heterocycles. The van der Waals surface area contributed by atoms with Crippen molar-refractivity contribution in [2.45, 2.75) is 37.1 Å². The van der Waals surface area contributed by atoms with Crippen molar-refractivity contribution in [2.75, 3.05) is 11.4 Å². The minimum atomic E-state index is -0.412. The Kier molecular flexibility index (Phi) is 3.01. The zero-order valence-corrected chi connectivity index (χ0v) is 11.3. The van der Waals surface area contributed by atoms with Crippen molar-refractivity contribution >= 4 is 17.5 Å². The van der Waals surface area contributed by atoms with Gasteiger partial charge < -0.3 is 16.4 Å². The van der Waals surface area contributed by atoms with Crippen LogP contribution in [0.25, 0.3) is 0 Å². The maximum Gasteiger partial charge on any atom is 0.228 e. The fraction of sp³-hybridized carbons (Fsp3) is 0.467. The first kappa shape index (κ1) is 13.1. The molecule has 0 spiro atoms. The molecule has 5 heteroatoms. The summed E-state index contributed by atoms with van der Waals surface area (Å²) in [6.07, 6.45) is 3.22. The second-order valence-electron chi connectivity index (χ2n) is 5.91. The van der Waals surface area contributed by atoms with Crippen LogP contribution in [0.15, 0.2) is 24.3 Å². The Morgan fingerprint density at radius 3 is 2.60 bits per heavy atom. The first-order valence-electron chi connectivity index (χ1n) is 6.98. The first-order valence-corrected chi connectivity index (χ1v) is 6.98. The summed E-state index contributed by atoms with van der Waals surface area (Å²) in [4.78, 5) is 25.7. The van der Waals surface area contributed by atoms with E-state index in [0.717, 1.165) is 30.5 Å². The Bertz CT molecular complexity index is 566. The number of primary amides is 1. The molecule has 0 saturated heterocycles. The van der Waals surface area contributed by atoms with Crippen LogP contribution in [0.4, 0.5) is 5.69 Å². The van der Waals surface area contributed by atoms with Gasteiger partial charge >= 0.3 is 0 Å². The monoisotopic (exact) mass is 273 g/mol. The van der Waals surface area contributed by atoms with E-state index in [1.807, 2.05) is 24.3 Å². The van der Waals surface area contributed by atoms with E-state index in [-0.39, 0.29) is 17.4 Å². The van der Waals surface area contributed by atoms with Crippen molar-refractivity contribution in [1.29, 1.82) is 0 Å². The standard InChI is InChI=1S/C15H19N3O2/c16-14(20)11-9-18(12-5-2-1-4-10(11)12)13(19)8-15(17)6-3-7-15/h1-2,4-5,11H,3,6-9,17H2,(H2,16,20)/t11-/m1/s1. The molecule has 1 aromatic rings. The zero-order valence-electron chi connectivity index (χ0n) is 11.3. The highest BCUT2D eigenvalue weighted by atomic mass is 16.2. The van der Waals surface area contributed by atoms with Gasteiger partial charge in [0.15, 0.2) is 0 Å². The van der Waals surface area contributed by atoms with Gasteiger partial charge in [-0.05, 0) is 30.9 Å². The van der Waals surface area contributed by atoms with Crippen LogP contribution in [0.5, 0.6) is 0 Å². The summed E-state index contributed by atoms with van der Waals surface area (Å²) in [7, 11) is 0. The molecule has 0 bridgehead atoms. The van der Waals surface area contributed by atoms with E-state index in [1.165, 1.54) is 0 Å². The van der Waals surface area contributed by atoms with Crippen molar-refractivity contribution < 1.29 is 9.59 Å². The Hall–Kier alpha value is -1.88. The Morgan fingerprint density at radius 1 is 1.30 bits per heavy atom. The average molecular weight is 273 g/mol. The van der Waals surface area contributed by atoms with Gasteiger partial charge in [-0.15, -0.1) is 0 Å². The Labute approximate surface area is 117 Å². The highest BCUT2D eigenvalue weighted by Crippen LogP contribution is 2.38. The minimum absolute atomic E-state index is 0.0107. The van der Waals surface area contributed by atoms with Crippen LogP contribution in [-0.4, -0.2) is 23.9 Å². The van der Waals surface area contributed by atoms with Crippen LogP contribution in [0.1, 0.15) is 37.2 Å². The van der Waals surface area contributed by atoms with E-state index in [4.69, 9.17) is 11.5 Å². The SMILES string of the molecule is NC(=O)[C@@H]1CN(C(=O)CC2(N)CCC2)c2ccccc21. The van der Waals surface area contributed by atoms with Crippen molar-refractivity contribution in [2.24, 2.45) is 11.5 Å². The van der Waals surface area contributed by atoms with Gasteiger partial charge in [0.05, 0.1) is 5.92 Å². The van der Waals surface area contributed by atoms with Gasteiger partial charge in [0.1, 0.15) is 0 Å². The molecule has 3 rings (SSSR count). The highest BCUT2D eigenvalue weighted by molar-refractivity contribution is 6.00. The van der Waals surface area contributed by atoms with E-state index in [0.29, 0.717) is 13.0 Å². The number of carbonyl (C=O) groups excluding carboxylic acids is 2. The number of carbonyl (C=O) groups is 2. The van der Waals surface area contributed by atoms with Crippen LogP contribution < -0.4 is 16.4 Å². The average Bonchev–Trinajstić information content (AvgIpc) is 2.76. The summed E-state index contributed by atoms with van der Waals surface area (Å²) in [5.41, 5.74) is 12.9. The largest absolute Gasteiger partial charge is 0.369 e. The van der Waals surface area contributed by atoms with Gasteiger partial charge in [0.25, 0.3) is 0 Å². The maximum absolute atomic E-state index is 12.5. The quantitative estimate of drug-likeness (QED) is 0.856. The van der Waals surface area contributed by atoms with E-state index in [1.54, 1.807) is 4.90 Å². The molecule has 1 aliphatic heterocycles. The lowest BCUT2D eigenvalue weighted by atomic mass is 9.75. The summed E-state index contributed by atoms with van der Waals surface area (Å²) in [5, 5.41) is 0. The van der Waals surface area contributed by atoms with Crippen molar-refractivity contribution in [3.8, 4) is 0 Å². The first-order chi connectivity index (χ1) is 9.50. The molecule has 1 saturated carbocycles. The molecule has 2 aliphatic rings. The second kappa shape index (κ2) is 4.59. The molecule has 4 N–H and O–H groups in total. The molecule has 0 radical (unpaired) electrons. The van der Waals surface area contributed by atoms with Crippen LogP contribution in [-0.2, 0) is 9.59 Å². The maximum atomic E-state index is 12.5. The normalized spacial score (nSPS) is 23.1. The summed E-state index contributed by atoms with van der Waals surface area (Å²) in [6.45, 7) is 0.337. The van der Waals surface area contributed by atoms with Gasteiger partial charge in [0.2, 0.25) is 11.8 Å². The number of nitrogens with zero attached hydrogens (tertiary/aromatic N) is 1. The van der Waals surface area contributed by atoms with E-state index in [2.05, 4.69) is 0 Å². The fourth-order valence-electron chi connectivity index (χ4n) is 3.09. The topological polar surface area (TPSA) is 89.4 Å². The molecular weight excluding hydrogens is 254 g/mol. The number of anilines is 1. The van der Waals surface area contributed by atoms with Crippen molar-refractivity contribution in [3.05, 3.63) is 29.8 Å². The summed E-state index contributed by atoms with van der Waals surface area (Å²) >= 11 is 0. The number of hydrogen-bond donors (Lipinski definition) is 2. The smallest absolute Gasteiger partial charge is 0.228 e. The van der Waals surface area contributed by atoms with E-state index in [9.17, 15) is 9.59 Å².